The predicted molar refractivity (Wildman–Crippen MR) is 125 cm³/mol. The van der Waals surface area contributed by atoms with Crippen molar-refractivity contribution < 1.29 is 19.1 Å². The molecule has 1 unspecified atom stereocenters. The normalized spacial score (nSPS) is 18.3. The predicted octanol–water partition coefficient (Wildman–Crippen LogP) is 3.02. The third-order valence-electron chi connectivity index (χ3n) is 5.73. The van der Waals surface area contributed by atoms with E-state index in [0.29, 0.717) is 48.7 Å². The van der Waals surface area contributed by atoms with Crippen LogP contribution in [0.4, 0.5) is 0 Å². The van der Waals surface area contributed by atoms with Gasteiger partial charge in [0, 0.05) is 44.4 Å². The summed E-state index contributed by atoms with van der Waals surface area (Å²) >= 11 is 6.46. The number of para-hydroxylation sites is 2. The van der Waals surface area contributed by atoms with Crippen molar-refractivity contribution in [3.63, 3.8) is 0 Å². The summed E-state index contributed by atoms with van der Waals surface area (Å²) in [5.74, 6) is 1.41. The SMILES string of the molecule is Cc1nn(CC(C)C)c(Cl)c1/C=C/C(=O)N1CCN(C(=O)C2COc3ccccc3O2)CC1. The van der Waals surface area contributed by atoms with Gasteiger partial charge in [0.2, 0.25) is 12.0 Å². The molecule has 2 aliphatic heterocycles. The molecule has 9 heteroatoms. The molecule has 2 aliphatic rings. The van der Waals surface area contributed by atoms with E-state index >= 15 is 0 Å². The van der Waals surface area contributed by atoms with Gasteiger partial charge >= 0.3 is 0 Å². The minimum absolute atomic E-state index is 0.111. The lowest BCUT2D eigenvalue weighted by atomic mass is 10.2. The summed E-state index contributed by atoms with van der Waals surface area (Å²) in [7, 11) is 0. The highest BCUT2D eigenvalue weighted by Crippen LogP contribution is 2.31. The zero-order chi connectivity index (χ0) is 23.5. The van der Waals surface area contributed by atoms with Gasteiger partial charge in [-0.1, -0.05) is 37.6 Å². The highest BCUT2D eigenvalue weighted by atomic mass is 35.5. The van der Waals surface area contributed by atoms with Gasteiger partial charge in [-0.2, -0.15) is 5.10 Å². The second-order valence-electron chi connectivity index (χ2n) is 8.71. The van der Waals surface area contributed by atoms with E-state index in [1.807, 2.05) is 25.1 Å². The molecule has 0 radical (unpaired) electrons. The molecule has 2 amide bonds. The first kappa shape index (κ1) is 23.2. The molecule has 2 aromatic rings. The molecule has 4 rings (SSSR count). The number of nitrogens with zero attached hydrogens (tertiary/aromatic N) is 4. The standard InChI is InChI=1S/C24H29ClN4O4/c1-16(2)14-29-23(25)18(17(3)26-29)8-9-22(30)27-10-12-28(13-11-27)24(31)21-15-32-19-6-4-5-7-20(19)33-21/h4-9,16,21H,10-15H2,1-3H3/b9-8+. The number of halogens is 1. The monoisotopic (exact) mass is 472 g/mol. The number of fused-ring (bicyclic) bond motifs is 1. The van der Waals surface area contributed by atoms with E-state index in [0.717, 1.165) is 17.8 Å². The van der Waals surface area contributed by atoms with Crippen molar-refractivity contribution in [1.29, 1.82) is 0 Å². The van der Waals surface area contributed by atoms with Crippen LogP contribution in [-0.2, 0) is 16.1 Å². The Labute approximate surface area is 198 Å². The molecule has 176 valence electrons. The summed E-state index contributed by atoms with van der Waals surface area (Å²) in [4.78, 5) is 29.1. The Morgan fingerprint density at radius 2 is 1.82 bits per heavy atom. The number of ether oxygens (including phenoxy) is 2. The maximum absolute atomic E-state index is 12.9. The second kappa shape index (κ2) is 9.87. The third-order valence-corrected chi connectivity index (χ3v) is 6.13. The lowest BCUT2D eigenvalue weighted by Gasteiger charge is -2.36. The van der Waals surface area contributed by atoms with Crippen LogP contribution in [0, 0.1) is 12.8 Å². The second-order valence-corrected chi connectivity index (χ2v) is 9.07. The Balaban J connectivity index is 1.31. The molecule has 1 aromatic carbocycles. The summed E-state index contributed by atoms with van der Waals surface area (Å²) in [6.45, 7) is 8.80. The molecule has 0 aliphatic carbocycles. The highest BCUT2D eigenvalue weighted by Gasteiger charge is 2.33. The Kier molecular flexibility index (Phi) is 6.93. The average Bonchev–Trinajstić information content (AvgIpc) is 3.08. The van der Waals surface area contributed by atoms with Crippen LogP contribution in [-0.4, -0.2) is 70.3 Å². The Hall–Kier alpha value is -3.00. The smallest absolute Gasteiger partial charge is 0.267 e. The fraction of sp³-hybridized carbons (Fsp3) is 0.458. The number of aromatic nitrogens is 2. The topological polar surface area (TPSA) is 76.9 Å². The maximum atomic E-state index is 12.9. The molecule has 3 heterocycles. The summed E-state index contributed by atoms with van der Waals surface area (Å²) in [6, 6.07) is 7.31. The number of aryl methyl sites for hydroxylation is 1. The van der Waals surface area contributed by atoms with Crippen molar-refractivity contribution >= 4 is 29.5 Å². The fourth-order valence-electron chi connectivity index (χ4n) is 3.98. The van der Waals surface area contributed by atoms with Gasteiger partial charge in [-0.15, -0.1) is 0 Å². The maximum Gasteiger partial charge on any atom is 0.267 e. The Morgan fingerprint density at radius 3 is 2.52 bits per heavy atom. The van der Waals surface area contributed by atoms with Crippen LogP contribution in [0.2, 0.25) is 5.15 Å². The lowest BCUT2D eigenvalue weighted by Crippen LogP contribution is -2.54. The van der Waals surface area contributed by atoms with E-state index in [1.165, 1.54) is 6.08 Å². The van der Waals surface area contributed by atoms with Gasteiger partial charge in [0.1, 0.15) is 11.8 Å². The molecule has 0 bridgehead atoms. The van der Waals surface area contributed by atoms with Crippen LogP contribution < -0.4 is 9.47 Å². The molecule has 1 fully saturated rings. The van der Waals surface area contributed by atoms with Crippen molar-refractivity contribution in [1.82, 2.24) is 19.6 Å². The minimum atomic E-state index is -0.672. The molecule has 0 saturated carbocycles. The van der Waals surface area contributed by atoms with E-state index < -0.39 is 6.10 Å². The van der Waals surface area contributed by atoms with E-state index in [9.17, 15) is 9.59 Å². The van der Waals surface area contributed by atoms with Gasteiger partial charge in [-0.25, -0.2) is 0 Å². The molecule has 0 spiro atoms. The third kappa shape index (κ3) is 5.16. The number of benzene rings is 1. The van der Waals surface area contributed by atoms with Crippen LogP contribution in [0.3, 0.4) is 0 Å². The summed E-state index contributed by atoms with van der Waals surface area (Å²) in [5.41, 5.74) is 1.55. The average molecular weight is 473 g/mol. The summed E-state index contributed by atoms with van der Waals surface area (Å²) < 4.78 is 13.3. The van der Waals surface area contributed by atoms with Crippen molar-refractivity contribution in [2.45, 2.75) is 33.4 Å². The first-order chi connectivity index (χ1) is 15.8. The van der Waals surface area contributed by atoms with Crippen molar-refractivity contribution in [3.05, 3.63) is 46.8 Å². The number of hydrogen-bond acceptors (Lipinski definition) is 5. The van der Waals surface area contributed by atoms with Crippen LogP contribution >= 0.6 is 11.6 Å². The van der Waals surface area contributed by atoms with Crippen LogP contribution in [0.1, 0.15) is 25.1 Å². The van der Waals surface area contributed by atoms with Crippen LogP contribution in [0.25, 0.3) is 6.08 Å². The van der Waals surface area contributed by atoms with E-state index in [-0.39, 0.29) is 18.4 Å². The zero-order valence-corrected chi connectivity index (χ0v) is 19.9. The van der Waals surface area contributed by atoms with Crippen LogP contribution in [0.15, 0.2) is 30.3 Å². The minimum Gasteiger partial charge on any atom is -0.485 e. The molecular weight excluding hydrogens is 444 g/mol. The van der Waals surface area contributed by atoms with Gasteiger partial charge in [0.15, 0.2) is 11.5 Å². The molecular formula is C24H29ClN4O4. The first-order valence-corrected chi connectivity index (χ1v) is 11.6. The highest BCUT2D eigenvalue weighted by molar-refractivity contribution is 6.31. The quantitative estimate of drug-likeness (QED) is 0.625. The van der Waals surface area contributed by atoms with Gasteiger partial charge in [-0.3, -0.25) is 14.3 Å². The number of hydrogen-bond donors (Lipinski definition) is 0. The van der Waals surface area contributed by atoms with E-state index in [2.05, 4.69) is 18.9 Å². The number of carbonyl (C=O) groups is 2. The fourth-order valence-corrected chi connectivity index (χ4v) is 4.28. The van der Waals surface area contributed by atoms with E-state index in [4.69, 9.17) is 21.1 Å². The van der Waals surface area contributed by atoms with Crippen molar-refractivity contribution in [2.24, 2.45) is 5.92 Å². The van der Waals surface area contributed by atoms with E-state index in [1.54, 1.807) is 26.6 Å². The molecule has 1 saturated heterocycles. The molecule has 1 aromatic heterocycles. The molecule has 0 N–H and O–H groups in total. The largest absolute Gasteiger partial charge is 0.485 e. The Morgan fingerprint density at radius 1 is 1.15 bits per heavy atom. The van der Waals surface area contributed by atoms with Crippen LogP contribution in [0.5, 0.6) is 11.5 Å². The number of carbonyl (C=O) groups excluding carboxylic acids is 2. The zero-order valence-electron chi connectivity index (χ0n) is 19.2. The number of rotatable bonds is 5. The lowest BCUT2D eigenvalue weighted by molar-refractivity contribution is -0.145. The van der Waals surface area contributed by atoms with Crippen molar-refractivity contribution in [3.8, 4) is 11.5 Å². The Bertz CT molecular complexity index is 1060. The molecule has 33 heavy (non-hydrogen) atoms. The van der Waals surface area contributed by atoms with Gasteiger partial charge in [0.05, 0.1) is 5.69 Å². The van der Waals surface area contributed by atoms with Gasteiger partial charge < -0.3 is 19.3 Å². The number of piperazine rings is 1. The summed E-state index contributed by atoms with van der Waals surface area (Å²) in [5, 5.41) is 5.01. The summed E-state index contributed by atoms with van der Waals surface area (Å²) in [6.07, 6.45) is 2.59. The number of amides is 2. The van der Waals surface area contributed by atoms with Gasteiger partial charge in [-0.05, 0) is 31.1 Å². The first-order valence-electron chi connectivity index (χ1n) is 11.2. The van der Waals surface area contributed by atoms with Gasteiger partial charge in [0.25, 0.3) is 5.91 Å². The van der Waals surface area contributed by atoms with Crippen molar-refractivity contribution in [2.75, 3.05) is 32.8 Å². The molecule has 8 nitrogen and oxygen atoms in total. The molecule has 1 atom stereocenters.